The first-order valence-electron chi connectivity index (χ1n) is 13.2. The largest absolute Gasteiger partial charge is 0.352 e. The quantitative estimate of drug-likeness (QED) is 0.353. The van der Waals surface area contributed by atoms with Crippen molar-refractivity contribution in [3.05, 3.63) is 54.5 Å². The van der Waals surface area contributed by atoms with Crippen LogP contribution in [0.2, 0.25) is 0 Å². The summed E-state index contributed by atoms with van der Waals surface area (Å²) >= 11 is 0. The molecule has 0 aliphatic carbocycles. The van der Waals surface area contributed by atoms with Gasteiger partial charge in [0.05, 0.1) is 17.6 Å². The van der Waals surface area contributed by atoms with Crippen molar-refractivity contribution in [1.29, 1.82) is 0 Å². The second kappa shape index (κ2) is 9.35. The van der Waals surface area contributed by atoms with E-state index in [1.165, 1.54) is 0 Å². The molecule has 0 atom stereocenters. The zero-order chi connectivity index (χ0) is 26.6. The summed E-state index contributed by atoms with van der Waals surface area (Å²) in [5.74, 6) is -1.04. The number of benzene rings is 1. The third-order valence-corrected chi connectivity index (χ3v) is 7.75. The van der Waals surface area contributed by atoms with Crippen LogP contribution in [-0.4, -0.2) is 92.2 Å². The lowest BCUT2D eigenvalue weighted by Gasteiger charge is -2.33. The van der Waals surface area contributed by atoms with Crippen LogP contribution in [0.1, 0.15) is 12.0 Å². The molecule has 11 heteroatoms. The van der Waals surface area contributed by atoms with Gasteiger partial charge in [-0.2, -0.15) is 5.10 Å². The van der Waals surface area contributed by atoms with Gasteiger partial charge >= 0.3 is 0 Å². The summed E-state index contributed by atoms with van der Waals surface area (Å²) in [4.78, 5) is 23.8. The molecule has 7 rings (SSSR count). The number of imidazole rings is 1. The molecule has 2 aliphatic heterocycles. The zero-order valence-electron chi connectivity index (χ0n) is 21.7. The number of piperazine rings is 1. The summed E-state index contributed by atoms with van der Waals surface area (Å²) in [7, 11) is 2.13. The third-order valence-electron chi connectivity index (χ3n) is 7.75. The number of aromatic amines is 2. The van der Waals surface area contributed by atoms with Crippen LogP contribution in [0, 0.1) is 0 Å². The van der Waals surface area contributed by atoms with Crippen molar-refractivity contribution < 1.29 is 8.78 Å². The summed E-state index contributed by atoms with van der Waals surface area (Å²) < 4.78 is 27.3. The minimum atomic E-state index is -2.61. The van der Waals surface area contributed by atoms with Gasteiger partial charge in [-0.15, -0.1) is 0 Å². The van der Waals surface area contributed by atoms with Crippen LogP contribution in [0.5, 0.6) is 0 Å². The predicted molar refractivity (Wildman–Crippen MR) is 147 cm³/mol. The molecule has 4 aromatic heterocycles. The number of pyridine rings is 2. The van der Waals surface area contributed by atoms with E-state index in [2.05, 4.69) is 48.1 Å². The Morgan fingerprint density at radius 3 is 2.67 bits per heavy atom. The highest BCUT2D eigenvalue weighted by Gasteiger charge is 2.37. The van der Waals surface area contributed by atoms with Crippen LogP contribution in [0.3, 0.4) is 0 Å². The number of aromatic nitrogens is 6. The van der Waals surface area contributed by atoms with Gasteiger partial charge in [0.2, 0.25) is 0 Å². The number of H-pyrrole nitrogens is 2. The number of nitrogens with one attached hydrogen (secondary N) is 2. The Labute approximate surface area is 223 Å². The van der Waals surface area contributed by atoms with E-state index in [0.717, 1.165) is 76.3 Å². The normalized spacial score (nSPS) is 18.5. The van der Waals surface area contributed by atoms with Gasteiger partial charge in [0.1, 0.15) is 11.2 Å². The average Bonchev–Trinajstić information content (AvgIpc) is 3.64. The van der Waals surface area contributed by atoms with Gasteiger partial charge < -0.3 is 14.8 Å². The van der Waals surface area contributed by atoms with Crippen LogP contribution in [0.25, 0.3) is 44.6 Å². The maximum Gasteiger partial charge on any atom is 0.261 e. The minimum Gasteiger partial charge on any atom is -0.352 e. The molecule has 0 bridgehead atoms. The number of anilines is 1. The number of likely N-dealkylation sites (tertiary alicyclic amines) is 1. The standard InChI is InChI=1S/C28H29F2N9/c1-37-8-10-39(11-9-37)27-25-23(4-6-32-27)33-26(34-25)24-21-13-19(2-3-22(21)35-36-24)20-12-18(14-31-15-20)16-38-7-5-28(29,30)17-38/h2-4,6,12-15H,5,7-11,16-17H2,1H3,(H,33,34)(H,35,36). The summed E-state index contributed by atoms with van der Waals surface area (Å²) in [6.45, 7) is 4.44. The fourth-order valence-corrected chi connectivity index (χ4v) is 5.59. The Kier molecular flexibility index (Phi) is 5.78. The van der Waals surface area contributed by atoms with E-state index in [-0.39, 0.29) is 13.0 Å². The molecular formula is C28H29F2N9. The molecule has 2 saturated heterocycles. The topological polar surface area (TPSA) is 92.9 Å². The summed E-state index contributed by atoms with van der Waals surface area (Å²) in [6, 6.07) is 10.1. The number of rotatable bonds is 5. The summed E-state index contributed by atoms with van der Waals surface area (Å²) in [6.07, 6.45) is 5.29. The molecule has 39 heavy (non-hydrogen) atoms. The lowest BCUT2D eigenvalue weighted by Crippen LogP contribution is -2.44. The molecule has 0 unspecified atom stereocenters. The van der Waals surface area contributed by atoms with E-state index in [4.69, 9.17) is 4.98 Å². The van der Waals surface area contributed by atoms with E-state index >= 15 is 0 Å². The molecule has 2 N–H and O–H groups in total. The maximum atomic E-state index is 13.7. The van der Waals surface area contributed by atoms with E-state index in [0.29, 0.717) is 18.9 Å². The van der Waals surface area contributed by atoms with E-state index in [1.807, 2.05) is 30.5 Å². The molecule has 2 fully saturated rings. The monoisotopic (exact) mass is 529 g/mol. The second-order valence-electron chi connectivity index (χ2n) is 10.6. The Morgan fingerprint density at radius 1 is 0.974 bits per heavy atom. The van der Waals surface area contributed by atoms with Crippen LogP contribution >= 0.6 is 0 Å². The van der Waals surface area contributed by atoms with Crippen molar-refractivity contribution in [1.82, 2.24) is 39.9 Å². The van der Waals surface area contributed by atoms with Gasteiger partial charge in [-0.1, -0.05) is 6.07 Å². The lowest BCUT2D eigenvalue weighted by molar-refractivity contribution is 0.0115. The smallest absolute Gasteiger partial charge is 0.261 e. The van der Waals surface area contributed by atoms with Gasteiger partial charge in [0.25, 0.3) is 5.92 Å². The number of nitrogens with zero attached hydrogens (tertiary/aromatic N) is 7. The van der Waals surface area contributed by atoms with Crippen LogP contribution in [-0.2, 0) is 6.54 Å². The molecule has 200 valence electrons. The summed E-state index contributed by atoms with van der Waals surface area (Å²) in [5.41, 5.74) is 6.21. The van der Waals surface area contributed by atoms with Crippen molar-refractivity contribution in [2.75, 3.05) is 51.2 Å². The van der Waals surface area contributed by atoms with E-state index < -0.39 is 5.92 Å². The number of alkyl halides is 2. The molecule has 5 aromatic rings. The van der Waals surface area contributed by atoms with Gasteiger partial charge in [-0.25, -0.2) is 18.7 Å². The molecule has 0 saturated carbocycles. The van der Waals surface area contributed by atoms with Crippen LogP contribution < -0.4 is 4.90 Å². The van der Waals surface area contributed by atoms with Crippen LogP contribution in [0.15, 0.2) is 48.9 Å². The molecule has 0 amide bonds. The molecule has 2 aliphatic rings. The molecular weight excluding hydrogens is 500 g/mol. The third kappa shape index (κ3) is 4.61. The molecule has 6 heterocycles. The van der Waals surface area contributed by atoms with Gasteiger partial charge in [-0.05, 0) is 42.4 Å². The van der Waals surface area contributed by atoms with Gasteiger partial charge in [0.15, 0.2) is 11.6 Å². The second-order valence-corrected chi connectivity index (χ2v) is 10.6. The number of likely N-dealkylation sites (N-methyl/N-ethyl adjacent to an activating group) is 1. The van der Waals surface area contributed by atoms with Crippen molar-refractivity contribution in [3.63, 3.8) is 0 Å². The number of hydrogen-bond donors (Lipinski definition) is 2. The van der Waals surface area contributed by atoms with Gasteiger partial charge in [-0.3, -0.25) is 15.0 Å². The van der Waals surface area contributed by atoms with Crippen LogP contribution in [0.4, 0.5) is 14.6 Å². The maximum absolute atomic E-state index is 13.7. The summed E-state index contributed by atoms with van der Waals surface area (Å²) in [5, 5.41) is 8.65. The zero-order valence-corrected chi connectivity index (χ0v) is 21.7. The fraction of sp³-hybridized carbons (Fsp3) is 0.357. The first-order valence-corrected chi connectivity index (χ1v) is 13.2. The Morgan fingerprint density at radius 2 is 1.85 bits per heavy atom. The molecule has 9 nitrogen and oxygen atoms in total. The molecule has 1 aromatic carbocycles. The van der Waals surface area contributed by atoms with E-state index in [9.17, 15) is 8.78 Å². The number of fused-ring (bicyclic) bond motifs is 2. The lowest BCUT2D eigenvalue weighted by atomic mass is 10.0. The first-order chi connectivity index (χ1) is 18.9. The predicted octanol–water partition coefficient (Wildman–Crippen LogP) is 4.16. The fourth-order valence-electron chi connectivity index (χ4n) is 5.59. The highest BCUT2D eigenvalue weighted by Crippen LogP contribution is 2.33. The highest BCUT2D eigenvalue weighted by atomic mass is 19.3. The minimum absolute atomic E-state index is 0.0885. The SMILES string of the molecule is CN1CCN(c2nccc3[nH]c(-c4n[nH]c5ccc(-c6cncc(CN7CCC(F)(F)C7)c6)cc45)nc23)CC1. The van der Waals surface area contributed by atoms with Gasteiger partial charge in [0, 0.05) is 75.2 Å². The highest BCUT2D eigenvalue weighted by molar-refractivity contribution is 5.97. The first kappa shape index (κ1) is 24.1. The van der Waals surface area contributed by atoms with Crippen molar-refractivity contribution in [2.24, 2.45) is 0 Å². The number of hydrogen-bond acceptors (Lipinski definition) is 7. The average molecular weight is 530 g/mol. The Balaban J connectivity index is 1.21. The van der Waals surface area contributed by atoms with E-state index in [1.54, 1.807) is 17.3 Å². The van der Waals surface area contributed by atoms with Crippen molar-refractivity contribution in [2.45, 2.75) is 18.9 Å². The molecule has 0 radical (unpaired) electrons. The molecule has 0 spiro atoms. The number of halogens is 2. The Bertz CT molecular complexity index is 1650. The van der Waals surface area contributed by atoms with Crippen molar-refractivity contribution in [3.8, 4) is 22.6 Å². The van der Waals surface area contributed by atoms with Crippen molar-refractivity contribution >= 4 is 27.8 Å². The Hall–Kier alpha value is -3.96.